The molecule has 0 atom stereocenters. The van der Waals surface area contributed by atoms with E-state index in [-0.39, 0.29) is 5.91 Å². The van der Waals surface area contributed by atoms with Gasteiger partial charge < -0.3 is 4.74 Å². The largest absolute Gasteiger partial charge is 0.496 e. The van der Waals surface area contributed by atoms with Gasteiger partial charge in [-0.15, -0.1) is 10.2 Å². The molecule has 0 unspecified atom stereocenters. The molecule has 1 amide bonds. The molecule has 7 heteroatoms. The summed E-state index contributed by atoms with van der Waals surface area (Å²) in [6.45, 7) is 0. The predicted molar refractivity (Wildman–Crippen MR) is 95.1 cm³/mol. The summed E-state index contributed by atoms with van der Waals surface area (Å²) in [6.07, 6.45) is 0.638. The fourth-order valence-corrected chi connectivity index (χ4v) is 3.04. The van der Waals surface area contributed by atoms with E-state index in [1.807, 2.05) is 30.3 Å². The molecule has 1 aromatic heterocycles. The zero-order chi connectivity index (χ0) is 16.9. The summed E-state index contributed by atoms with van der Waals surface area (Å²) >= 11 is 7.22. The van der Waals surface area contributed by atoms with Crippen molar-refractivity contribution in [1.29, 1.82) is 0 Å². The molecular weight excluding hydrogens is 346 g/mol. The minimum atomic E-state index is -0.276. The lowest BCUT2D eigenvalue weighted by Gasteiger charge is -2.06. The van der Waals surface area contributed by atoms with Crippen LogP contribution in [0.15, 0.2) is 48.5 Å². The number of ether oxygens (including phenoxy) is 1. The molecule has 122 valence electrons. The first-order valence-corrected chi connectivity index (χ1v) is 8.36. The Balaban J connectivity index is 1.69. The van der Waals surface area contributed by atoms with Gasteiger partial charge in [-0.05, 0) is 29.8 Å². The number of nitrogens with one attached hydrogen (secondary N) is 1. The van der Waals surface area contributed by atoms with Crippen molar-refractivity contribution in [3.05, 3.63) is 69.7 Å². The normalized spacial score (nSPS) is 10.4. The van der Waals surface area contributed by atoms with Crippen molar-refractivity contribution in [2.24, 2.45) is 0 Å². The van der Waals surface area contributed by atoms with Gasteiger partial charge in [0.25, 0.3) is 5.91 Å². The lowest BCUT2D eigenvalue weighted by Crippen LogP contribution is -2.12. The number of aromatic nitrogens is 2. The van der Waals surface area contributed by atoms with E-state index < -0.39 is 0 Å². The molecule has 1 N–H and O–H groups in total. The number of rotatable bonds is 5. The summed E-state index contributed by atoms with van der Waals surface area (Å²) in [7, 11) is 1.53. The molecule has 1 heterocycles. The molecule has 5 nitrogen and oxygen atoms in total. The highest BCUT2D eigenvalue weighted by molar-refractivity contribution is 7.15. The highest BCUT2D eigenvalue weighted by Crippen LogP contribution is 2.22. The van der Waals surface area contributed by atoms with Crippen molar-refractivity contribution in [1.82, 2.24) is 10.2 Å². The number of benzene rings is 2. The van der Waals surface area contributed by atoms with Gasteiger partial charge in [0, 0.05) is 11.4 Å². The average Bonchev–Trinajstić information content (AvgIpc) is 3.03. The third-order valence-corrected chi connectivity index (χ3v) is 4.40. The van der Waals surface area contributed by atoms with Gasteiger partial charge in [-0.25, -0.2) is 0 Å². The van der Waals surface area contributed by atoms with Crippen molar-refractivity contribution in [2.75, 3.05) is 12.4 Å². The minimum Gasteiger partial charge on any atom is -0.496 e. The van der Waals surface area contributed by atoms with Crippen LogP contribution in [0.1, 0.15) is 20.9 Å². The van der Waals surface area contributed by atoms with E-state index in [4.69, 9.17) is 16.3 Å². The average molecular weight is 360 g/mol. The number of para-hydroxylation sites is 1. The van der Waals surface area contributed by atoms with Crippen LogP contribution in [0.4, 0.5) is 5.13 Å². The number of halogens is 1. The maximum absolute atomic E-state index is 12.3. The van der Waals surface area contributed by atoms with Crippen molar-refractivity contribution in [3.8, 4) is 5.75 Å². The van der Waals surface area contributed by atoms with E-state index >= 15 is 0 Å². The molecular formula is C17H14ClN3O2S. The molecule has 24 heavy (non-hydrogen) atoms. The molecule has 2 aromatic carbocycles. The SMILES string of the molecule is COc1ccccc1C(=O)Nc1nnc(Cc2ccc(Cl)cc2)s1. The number of hydrogen-bond donors (Lipinski definition) is 1. The number of nitrogens with zero attached hydrogens (tertiary/aromatic N) is 2. The molecule has 3 rings (SSSR count). The third kappa shape index (κ3) is 3.90. The molecule has 3 aromatic rings. The topological polar surface area (TPSA) is 64.1 Å². The second-order valence-corrected chi connectivity index (χ2v) is 6.46. The second kappa shape index (κ2) is 7.42. The van der Waals surface area contributed by atoms with Crippen LogP contribution in [-0.4, -0.2) is 23.2 Å². The highest BCUT2D eigenvalue weighted by atomic mass is 35.5. The first kappa shape index (κ1) is 16.4. The second-order valence-electron chi connectivity index (χ2n) is 4.96. The summed E-state index contributed by atoms with van der Waals surface area (Å²) < 4.78 is 5.19. The van der Waals surface area contributed by atoms with Gasteiger partial charge in [0.05, 0.1) is 12.7 Å². The Morgan fingerprint density at radius 2 is 1.92 bits per heavy atom. The van der Waals surface area contributed by atoms with E-state index in [0.717, 1.165) is 10.6 Å². The van der Waals surface area contributed by atoms with Crippen LogP contribution in [0.5, 0.6) is 5.75 Å². The Bertz CT molecular complexity index is 849. The van der Waals surface area contributed by atoms with E-state index in [9.17, 15) is 4.79 Å². The monoisotopic (exact) mass is 359 g/mol. The Morgan fingerprint density at radius 1 is 1.17 bits per heavy atom. The molecule has 0 radical (unpaired) electrons. The van der Waals surface area contributed by atoms with E-state index in [2.05, 4.69) is 15.5 Å². The number of amides is 1. The predicted octanol–water partition coefficient (Wildman–Crippen LogP) is 4.04. The number of methoxy groups -OCH3 is 1. The van der Waals surface area contributed by atoms with Crippen molar-refractivity contribution in [2.45, 2.75) is 6.42 Å². The first-order chi connectivity index (χ1) is 11.7. The van der Waals surface area contributed by atoms with Gasteiger partial charge in [0.15, 0.2) is 0 Å². The number of carbonyl (C=O) groups is 1. The molecule has 0 bridgehead atoms. The molecule has 0 saturated heterocycles. The van der Waals surface area contributed by atoms with E-state index in [1.165, 1.54) is 18.4 Å². The third-order valence-electron chi connectivity index (χ3n) is 3.31. The van der Waals surface area contributed by atoms with E-state index in [1.54, 1.807) is 18.2 Å². The Morgan fingerprint density at radius 3 is 2.67 bits per heavy atom. The molecule has 0 aliphatic heterocycles. The quantitative estimate of drug-likeness (QED) is 0.746. The maximum atomic E-state index is 12.3. The number of carbonyl (C=O) groups excluding carboxylic acids is 1. The Kier molecular flexibility index (Phi) is 5.08. The van der Waals surface area contributed by atoms with Crippen molar-refractivity contribution >= 4 is 34.0 Å². The van der Waals surface area contributed by atoms with Crippen LogP contribution in [0.3, 0.4) is 0 Å². The van der Waals surface area contributed by atoms with Gasteiger partial charge >= 0.3 is 0 Å². The summed E-state index contributed by atoms with van der Waals surface area (Å²) in [4.78, 5) is 12.3. The van der Waals surface area contributed by atoms with Crippen LogP contribution in [0.2, 0.25) is 5.02 Å². The van der Waals surface area contributed by atoms with Gasteiger partial charge in [-0.3, -0.25) is 10.1 Å². The minimum absolute atomic E-state index is 0.276. The van der Waals surface area contributed by atoms with Crippen molar-refractivity contribution in [3.63, 3.8) is 0 Å². The Hall–Kier alpha value is -2.44. The van der Waals surface area contributed by atoms with Crippen LogP contribution < -0.4 is 10.1 Å². The van der Waals surface area contributed by atoms with Crippen LogP contribution in [-0.2, 0) is 6.42 Å². The lowest BCUT2D eigenvalue weighted by molar-refractivity contribution is 0.102. The molecule has 0 fully saturated rings. The zero-order valence-corrected chi connectivity index (χ0v) is 14.4. The fraction of sp³-hybridized carbons (Fsp3) is 0.118. The summed E-state index contributed by atoms with van der Waals surface area (Å²) in [5.41, 5.74) is 1.53. The molecule has 0 saturated carbocycles. The smallest absolute Gasteiger partial charge is 0.261 e. The van der Waals surface area contributed by atoms with Crippen LogP contribution in [0.25, 0.3) is 0 Å². The number of anilines is 1. The Labute approximate surface area is 148 Å². The van der Waals surface area contributed by atoms with Gasteiger partial charge in [-0.2, -0.15) is 0 Å². The highest BCUT2D eigenvalue weighted by Gasteiger charge is 2.14. The van der Waals surface area contributed by atoms with E-state index in [0.29, 0.717) is 27.9 Å². The number of hydrogen-bond acceptors (Lipinski definition) is 5. The molecule has 0 spiro atoms. The molecule has 0 aliphatic rings. The summed E-state index contributed by atoms with van der Waals surface area (Å²) in [5.74, 6) is 0.238. The van der Waals surface area contributed by atoms with Gasteiger partial charge in [0.1, 0.15) is 10.8 Å². The van der Waals surface area contributed by atoms with Crippen molar-refractivity contribution < 1.29 is 9.53 Å². The lowest BCUT2D eigenvalue weighted by atomic mass is 10.2. The van der Waals surface area contributed by atoms with Gasteiger partial charge in [0.2, 0.25) is 5.13 Å². The maximum Gasteiger partial charge on any atom is 0.261 e. The summed E-state index contributed by atoms with van der Waals surface area (Å²) in [6, 6.07) is 14.6. The first-order valence-electron chi connectivity index (χ1n) is 7.17. The van der Waals surface area contributed by atoms with Crippen LogP contribution in [0, 0.1) is 0 Å². The standard InChI is InChI=1S/C17H14ClN3O2S/c1-23-14-5-3-2-4-13(14)16(22)19-17-21-20-15(24-17)10-11-6-8-12(18)9-7-11/h2-9H,10H2,1H3,(H,19,21,22). The summed E-state index contributed by atoms with van der Waals surface area (Å²) in [5, 5.41) is 12.8. The molecule has 0 aliphatic carbocycles. The fourth-order valence-electron chi connectivity index (χ4n) is 2.15. The van der Waals surface area contributed by atoms with Gasteiger partial charge in [-0.1, -0.05) is 47.2 Å². The van der Waals surface area contributed by atoms with Crippen LogP contribution >= 0.6 is 22.9 Å². The zero-order valence-electron chi connectivity index (χ0n) is 12.8.